The predicted molar refractivity (Wildman–Crippen MR) is 80.9 cm³/mol. The van der Waals surface area contributed by atoms with Crippen LogP contribution in [-0.2, 0) is 4.79 Å². The molecule has 1 aliphatic heterocycles. The number of nitrogens with one attached hydrogen (secondary N) is 1. The van der Waals surface area contributed by atoms with E-state index in [2.05, 4.69) is 44.8 Å². The van der Waals surface area contributed by atoms with Crippen molar-refractivity contribution in [2.75, 3.05) is 6.54 Å². The number of carbonyl (C=O) groups is 1. The lowest BCUT2D eigenvalue weighted by atomic mass is 10.0. The molecule has 1 rings (SSSR count). The molecule has 0 bridgehead atoms. The first-order chi connectivity index (χ1) is 8.97. The highest BCUT2D eigenvalue weighted by Crippen LogP contribution is 2.22. The quantitative estimate of drug-likeness (QED) is 0.684. The molecule has 0 aromatic rings. The van der Waals surface area contributed by atoms with E-state index in [9.17, 15) is 4.79 Å². The van der Waals surface area contributed by atoms with Crippen molar-refractivity contribution in [2.24, 2.45) is 11.8 Å². The van der Waals surface area contributed by atoms with Crippen molar-refractivity contribution in [1.29, 1.82) is 0 Å². The normalized spacial score (nSPS) is 23.9. The fourth-order valence-electron chi connectivity index (χ4n) is 2.80. The number of carbonyl (C=O) groups excluding carboxylic acids is 1. The van der Waals surface area contributed by atoms with Crippen LogP contribution in [0.1, 0.15) is 66.7 Å². The zero-order valence-electron chi connectivity index (χ0n) is 13.4. The Balaban J connectivity index is 2.57. The van der Waals surface area contributed by atoms with Crippen molar-refractivity contribution in [2.45, 2.75) is 78.9 Å². The molecule has 0 saturated carbocycles. The standard InChI is InChI=1S/C16H32N2O/c1-6-7-8-9-10-18-14(11-12(2)3)17-15(13(4)5)16(18)19/h12-15,17H,6-11H2,1-5H3. The Labute approximate surface area is 119 Å². The van der Waals surface area contributed by atoms with Crippen LogP contribution >= 0.6 is 0 Å². The summed E-state index contributed by atoms with van der Waals surface area (Å²) in [6.07, 6.45) is 6.21. The molecule has 3 heteroatoms. The second-order valence-corrected chi connectivity index (χ2v) is 6.63. The monoisotopic (exact) mass is 268 g/mol. The van der Waals surface area contributed by atoms with Gasteiger partial charge in [-0.2, -0.15) is 0 Å². The summed E-state index contributed by atoms with van der Waals surface area (Å²) in [5.74, 6) is 1.31. The van der Waals surface area contributed by atoms with Gasteiger partial charge in [-0.3, -0.25) is 10.1 Å². The molecule has 1 heterocycles. The Morgan fingerprint density at radius 3 is 2.37 bits per heavy atom. The molecular weight excluding hydrogens is 236 g/mol. The van der Waals surface area contributed by atoms with Crippen LogP contribution in [0.3, 0.4) is 0 Å². The molecule has 2 atom stereocenters. The summed E-state index contributed by atoms with van der Waals surface area (Å²) >= 11 is 0. The van der Waals surface area contributed by atoms with Gasteiger partial charge < -0.3 is 4.90 Å². The Kier molecular flexibility index (Phi) is 6.84. The van der Waals surface area contributed by atoms with Gasteiger partial charge in [-0.05, 0) is 24.7 Å². The van der Waals surface area contributed by atoms with Gasteiger partial charge >= 0.3 is 0 Å². The molecule has 0 aliphatic carbocycles. The number of amides is 1. The molecule has 0 spiro atoms. The molecule has 1 amide bonds. The van der Waals surface area contributed by atoms with Crippen molar-refractivity contribution in [3.63, 3.8) is 0 Å². The molecule has 3 nitrogen and oxygen atoms in total. The highest BCUT2D eigenvalue weighted by molar-refractivity contribution is 5.84. The third kappa shape index (κ3) is 4.79. The number of hydrogen-bond acceptors (Lipinski definition) is 2. The molecule has 0 radical (unpaired) electrons. The summed E-state index contributed by atoms with van der Waals surface area (Å²) in [7, 11) is 0. The van der Waals surface area contributed by atoms with E-state index in [0.717, 1.165) is 19.4 Å². The van der Waals surface area contributed by atoms with Crippen molar-refractivity contribution in [3.05, 3.63) is 0 Å². The highest BCUT2D eigenvalue weighted by atomic mass is 16.2. The first kappa shape index (κ1) is 16.5. The molecule has 1 N–H and O–H groups in total. The molecule has 19 heavy (non-hydrogen) atoms. The van der Waals surface area contributed by atoms with E-state index in [1.165, 1.54) is 19.3 Å². The summed E-state index contributed by atoms with van der Waals surface area (Å²) in [4.78, 5) is 14.6. The molecule has 1 fully saturated rings. The molecule has 0 aromatic carbocycles. The van der Waals surface area contributed by atoms with Gasteiger partial charge in [0.1, 0.15) is 0 Å². The van der Waals surface area contributed by atoms with Crippen LogP contribution in [-0.4, -0.2) is 29.6 Å². The van der Waals surface area contributed by atoms with E-state index in [4.69, 9.17) is 0 Å². The van der Waals surface area contributed by atoms with Gasteiger partial charge in [-0.15, -0.1) is 0 Å². The van der Waals surface area contributed by atoms with Crippen LogP contribution in [0.5, 0.6) is 0 Å². The van der Waals surface area contributed by atoms with Gasteiger partial charge in [0.05, 0.1) is 12.2 Å². The average Bonchev–Trinajstić information content (AvgIpc) is 2.62. The SMILES string of the molecule is CCCCCCN1C(=O)C(C(C)C)NC1CC(C)C. The van der Waals surface area contributed by atoms with Crippen molar-refractivity contribution < 1.29 is 4.79 Å². The van der Waals surface area contributed by atoms with Gasteiger partial charge in [-0.1, -0.05) is 53.9 Å². The maximum Gasteiger partial charge on any atom is 0.241 e. The van der Waals surface area contributed by atoms with E-state index < -0.39 is 0 Å². The molecule has 2 unspecified atom stereocenters. The Morgan fingerprint density at radius 1 is 1.16 bits per heavy atom. The zero-order chi connectivity index (χ0) is 14.4. The maximum absolute atomic E-state index is 12.5. The topological polar surface area (TPSA) is 32.3 Å². The number of unbranched alkanes of at least 4 members (excludes halogenated alkanes) is 3. The summed E-state index contributed by atoms with van der Waals surface area (Å²) < 4.78 is 0. The van der Waals surface area contributed by atoms with Gasteiger partial charge in [0, 0.05) is 6.54 Å². The summed E-state index contributed by atoms with van der Waals surface area (Å²) in [5.41, 5.74) is 0. The van der Waals surface area contributed by atoms with E-state index in [1.54, 1.807) is 0 Å². The van der Waals surface area contributed by atoms with Gasteiger partial charge in [0.2, 0.25) is 5.91 Å². The molecule has 0 aromatic heterocycles. The Hall–Kier alpha value is -0.570. The average molecular weight is 268 g/mol. The third-order valence-corrected chi connectivity index (χ3v) is 3.91. The molecule has 1 saturated heterocycles. The maximum atomic E-state index is 12.5. The third-order valence-electron chi connectivity index (χ3n) is 3.91. The van der Waals surface area contributed by atoms with Gasteiger partial charge in [0.15, 0.2) is 0 Å². The largest absolute Gasteiger partial charge is 0.326 e. The van der Waals surface area contributed by atoms with Crippen molar-refractivity contribution >= 4 is 5.91 Å². The summed E-state index contributed by atoms with van der Waals surface area (Å²) in [5, 5.41) is 3.54. The second kappa shape index (κ2) is 7.88. The summed E-state index contributed by atoms with van der Waals surface area (Å²) in [6, 6.07) is 0.0231. The smallest absolute Gasteiger partial charge is 0.241 e. The fraction of sp³-hybridized carbons (Fsp3) is 0.938. The van der Waals surface area contributed by atoms with Crippen LogP contribution in [0.2, 0.25) is 0 Å². The minimum absolute atomic E-state index is 0.0231. The minimum atomic E-state index is 0.0231. The number of nitrogens with zero attached hydrogens (tertiary/aromatic N) is 1. The Morgan fingerprint density at radius 2 is 1.84 bits per heavy atom. The zero-order valence-corrected chi connectivity index (χ0v) is 13.4. The van der Waals surface area contributed by atoms with Crippen LogP contribution in [0.15, 0.2) is 0 Å². The lowest BCUT2D eigenvalue weighted by Gasteiger charge is -2.25. The van der Waals surface area contributed by atoms with Crippen molar-refractivity contribution in [3.8, 4) is 0 Å². The van der Waals surface area contributed by atoms with Gasteiger partial charge in [-0.25, -0.2) is 0 Å². The lowest BCUT2D eigenvalue weighted by molar-refractivity contribution is -0.130. The predicted octanol–water partition coefficient (Wildman–Crippen LogP) is 3.40. The van der Waals surface area contributed by atoms with E-state index in [-0.39, 0.29) is 12.2 Å². The first-order valence-electron chi connectivity index (χ1n) is 8.03. The number of hydrogen-bond donors (Lipinski definition) is 1. The number of rotatable bonds is 8. The molecule has 112 valence electrons. The molecule has 1 aliphatic rings. The van der Waals surface area contributed by atoms with Crippen LogP contribution in [0, 0.1) is 11.8 Å². The summed E-state index contributed by atoms with van der Waals surface area (Å²) in [6.45, 7) is 11.9. The minimum Gasteiger partial charge on any atom is -0.326 e. The van der Waals surface area contributed by atoms with Gasteiger partial charge in [0.25, 0.3) is 0 Å². The van der Waals surface area contributed by atoms with Crippen LogP contribution in [0.4, 0.5) is 0 Å². The van der Waals surface area contributed by atoms with E-state index >= 15 is 0 Å². The second-order valence-electron chi connectivity index (χ2n) is 6.63. The fourth-order valence-corrected chi connectivity index (χ4v) is 2.80. The first-order valence-corrected chi connectivity index (χ1v) is 8.03. The van der Waals surface area contributed by atoms with Crippen LogP contribution in [0.25, 0.3) is 0 Å². The van der Waals surface area contributed by atoms with E-state index in [0.29, 0.717) is 17.7 Å². The molecular formula is C16H32N2O. The van der Waals surface area contributed by atoms with Crippen LogP contribution < -0.4 is 5.32 Å². The lowest BCUT2D eigenvalue weighted by Crippen LogP contribution is -2.39. The van der Waals surface area contributed by atoms with Crippen molar-refractivity contribution in [1.82, 2.24) is 10.2 Å². The van der Waals surface area contributed by atoms with E-state index in [1.807, 2.05) is 0 Å². The highest BCUT2D eigenvalue weighted by Gasteiger charge is 2.39. The Bertz CT molecular complexity index is 276.